The van der Waals surface area contributed by atoms with Crippen LogP contribution >= 0.6 is 0 Å². The van der Waals surface area contributed by atoms with E-state index in [2.05, 4.69) is 4.98 Å². The molecule has 2 rings (SSSR count). The summed E-state index contributed by atoms with van der Waals surface area (Å²) in [5.41, 5.74) is 1.04. The fraction of sp³-hybridized carbons (Fsp3) is 0.231. The third-order valence-corrected chi connectivity index (χ3v) is 2.66. The van der Waals surface area contributed by atoms with Gasteiger partial charge in [-0.3, -0.25) is 4.79 Å². The second-order valence-corrected chi connectivity index (χ2v) is 4.07. The molecule has 0 aliphatic heterocycles. The maximum Gasteiger partial charge on any atom is 0.309 e. The molecule has 1 N–H and O–H groups in total. The van der Waals surface area contributed by atoms with Crippen molar-refractivity contribution in [1.82, 2.24) is 9.55 Å². The summed E-state index contributed by atoms with van der Waals surface area (Å²) < 4.78 is 15.2. The SMILES string of the molecule is Cc1nc(CC(=O)O)cn1Cc1ccccc1F. The van der Waals surface area contributed by atoms with Crippen LogP contribution < -0.4 is 0 Å². The second-order valence-electron chi connectivity index (χ2n) is 4.07. The Hall–Kier alpha value is -2.17. The van der Waals surface area contributed by atoms with Crippen molar-refractivity contribution in [3.8, 4) is 0 Å². The highest BCUT2D eigenvalue weighted by Gasteiger charge is 2.09. The lowest BCUT2D eigenvalue weighted by atomic mass is 10.2. The number of carboxylic acids is 1. The van der Waals surface area contributed by atoms with Crippen LogP contribution in [0.5, 0.6) is 0 Å². The Morgan fingerprint density at radius 1 is 1.44 bits per heavy atom. The van der Waals surface area contributed by atoms with E-state index in [0.29, 0.717) is 23.6 Å². The van der Waals surface area contributed by atoms with E-state index in [9.17, 15) is 9.18 Å². The molecular weight excluding hydrogens is 235 g/mol. The predicted molar refractivity (Wildman–Crippen MR) is 63.8 cm³/mol. The number of aromatic nitrogens is 2. The molecule has 0 atom stereocenters. The largest absolute Gasteiger partial charge is 0.481 e. The molecule has 1 aromatic carbocycles. The summed E-state index contributed by atoms with van der Waals surface area (Å²) in [6.45, 7) is 2.12. The van der Waals surface area contributed by atoms with Crippen LogP contribution in [0.1, 0.15) is 17.1 Å². The van der Waals surface area contributed by atoms with Gasteiger partial charge in [0.05, 0.1) is 18.7 Å². The maximum atomic E-state index is 13.5. The minimum atomic E-state index is -0.925. The minimum absolute atomic E-state index is 0.120. The Morgan fingerprint density at radius 2 is 2.17 bits per heavy atom. The summed E-state index contributed by atoms with van der Waals surface area (Å²) in [7, 11) is 0. The molecule has 0 saturated heterocycles. The van der Waals surface area contributed by atoms with Crippen LogP contribution in [0.25, 0.3) is 0 Å². The molecule has 0 radical (unpaired) electrons. The minimum Gasteiger partial charge on any atom is -0.481 e. The zero-order valence-electron chi connectivity index (χ0n) is 9.93. The van der Waals surface area contributed by atoms with Gasteiger partial charge >= 0.3 is 5.97 Å². The van der Waals surface area contributed by atoms with Crippen LogP contribution in [-0.4, -0.2) is 20.6 Å². The van der Waals surface area contributed by atoms with Gasteiger partial charge < -0.3 is 9.67 Å². The fourth-order valence-corrected chi connectivity index (χ4v) is 1.78. The van der Waals surface area contributed by atoms with Gasteiger partial charge in [0.2, 0.25) is 0 Å². The molecule has 1 heterocycles. The molecule has 0 fully saturated rings. The third-order valence-electron chi connectivity index (χ3n) is 2.66. The number of aryl methyl sites for hydroxylation is 1. The van der Waals surface area contributed by atoms with E-state index in [1.54, 1.807) is 35.9 Å². The first-order valence-corrected chi connectivity index (χ1v) is 5.54. The van der Waals surface area contributed by atoms with E-state index in [1.165, 1.54) is 6.07 Å². The summed E-state index contributed by atoms with van der Waals surface area (Å²) in [5, 5.41) is 8.69. The second kappa shape index (κ2) is 5.00. The first-order chi connectivity index (χ1) is 8.56. The van der Waals surface area contributed by atoms with Gasteiger partial charge in [0, 0.05) is 11.8 Å². The number of carboxylic acid groups (broad SMARTS) is 1. The van der Waals surface area contributed by atoms with Crippen LogP contribution in [0, 0.1) is 12.7 Å². The summed E-state index contributed by atoms with van der Waals surface area (Å²) in [6, 6.07) is 6.50. The van der Waals surface area contributed by atoms with Gasteiger partial charge in [-0.15, -0.1) is 0 Å². The Balaban J connectivity index is 2.22. The van der Waals surface area contributed by atoms with E-state index in [1.807, 2.05) is 0 Å². The Morgan fingerprint density at radius 3 is 2.83 bits per heavy atom. The van der Waals surface area contributed by atoms with E-state index in [0.717, 1.165) is 0 Å². The Labute approximate surface area is 104 Å². The molecule has 0 saturated carbocycles. The maximum absolute atomic E-state index is 13.5. The van der Waals surface area contributed by atoms with Crippen molar-refractivity contribution in [2.24, 2.45) is 0 Å². The Kier molecular flexibility index (Phi) is 3.41. The quantitative estimate of drug-likeness (QED) is 0.900. The molecule has 5 heteroatoms. The highest BCUT2D eigenvalue weighted by molar-refractivity contribution is 5.69. The van der Waals surface area contributed by atoms with Gasteiger partial charge in [-0.2, -0.15) is 0 Å². The van der Waals surface area contributed by atoms with E-state index in [4.69, 9.17) is 5.11 Å². The summed E-state index contributed by atoms with van der Waals surface area (Å²) in [5.74, 6) is -0.523. The van der Waals surface area contributed by atoms with Crippen LogP contribution in [0.3, 0.4) is 0 Å². The first kappa shape index (κ1) is 12.3. The number of halogens is 1. The number of nitrogens with zero attached hydrogens (tertiary/aromatic N) is 2. The van der Waals surface area contributed by atoms with Gasteiger partial charge in [-0.05, 0) is 13.0 Å². The first-order valence-electron chi connectivity index (χ1n) is 5.54. The van der Waals surface area contributed by atoms with E-state index < -0.39 is 5.97 Å². The topological polar surface area (TPSA) is 55.1 Å². The van der Waals surface area contributed by atoms with Crippen LogP contribution in [0.15, 0.2) is 30.5 Å². The number of carbonyl (C=O) groups is 1. The zero-order valence-corrected chi connectivity index (χ0v) is 9.93. The zero-order chi connectivity index (χ0) is 13.1. The molecule has 4 nitrogen and oxygen atoms in total. The molecule has 0 amide bonds. The van der Waals surface area contributed by atoms with Gasteiger partial charge in [-0.1, -0.05) is 18.2 Å². The van der Waals surface area contributed by atoms with Gasteiger partial charge in [0.25, 0.3) is 0 Å². The van der Waals surface area contributed by atoms with Crippen molar-refractivity contribution in [3.63, 3.8) is 0 Å². The smallest absolute Gasteiger partial charge is 0.309 e. The van der Waals surface area contributed by atoms with Crippen molar-refractivity contribution in [2.45, 2.75) is 19.9 Å². The number of imidazole rings is 1. The third kappa shape index (κ3) is 2.74. The number of benzene rings is 1. The molecule has 0 unspecified atom stereocenters. The molecule has 0 spiro atoms. The summed E-state index contributed by atoms with van der Waals surface area (Å²) in [4.78, 5) is 14.7. The fourth-order valence-electron chi connectivity index (χ4n) is 1.78. The van der Waals surface area contributed by atoms with Crippen molar-refractivity contribution in [1.29, 1.82) is 0 Å². The van der Waals surface area contributed by atoms with Crippen molar-refractivity contribution in [3.05, 3.63) is 53.4 Å². The highest BCUT2D eigenvalue weighted by atomic mass is 19.1. The average Bonchev–Trinajstić information content (AvgIpc) is 2.61. The van der Waals surface area contributed by atoms with Crippen molar-refractivity contribution < 1.29 is 14.3 Å². The lowest BCUT2D eigenvalue weighted by Crippen LogP contribution is -2.02. The van der Waals surface area contributed by atoms with E-state index in [-0.39, 0.29) is 12.2 Å². The predicted octanol–water partition coefficient (Wildman–Crippen LogP) is 2.01. The van der Waals surface area contributed by atoms with Gasteiger partial charge in [0.15, 0.2) is 0 Å². The summed E-state index contributed by atoms with van der Waals surface area (Å²) >= 11 is 0. The molecular formula is C13H13FN2O2. The number of hydrogen-bond donors (Lipinski definition) is 1. The summed E-state index contributed by atoms with van der Waals surface area (Å²) in [6.07, 6.45) is 1.53. The van der Waals surface area contributed by atoms with Gasteiger partial charge in [0.1, 0.15) is 11.6 Å². The highest BCUT2D eigenvalue weighted by Crippen LogP contribution is 2.11. The molecule has 0 aliphatic rings. The molecule has 18 heavy (non-hydrogen) atoms. The molecule has 94 valence electrons. The molecule has 2 aromatic rings. The lowest BCUT2D eigenvalue weighted by Gasteiger charge is -2.05. The number of rotatable bonds is 4. The monoisotopic (exact) mass is 248 g/mol. The lowest BCUT2D eigenvalue weighted by molar-refractivity contribution is -0.136. The molecule has 0 aliphatic carbocycles. The van der Waals surface area contributed by atoms with Crippen molar-refractivity contribution in [2.75, 3.05) is 0 Å². The van der Waals surface area contributed by atoms with E-state index >= 15 is 0 Å². The van der Waals surface area contributed by atoms with Crippen LogP contribution in [0.4, 0.5) is 4.39 Å². The number of hydrogen-bond acceptors (Lipinski definition) is 2. The van der Waals surface area contributed by atoms with Gasteiger partial charge in [-0.25, -0.2) is 9.37 Å². The average molecular weight is 248 g/mol. The van der Waals surface area contributed by atoms with Crippen LogP contribution in [-0.2, 0) is 17.8 Å². The number of aliphatic carboxylic acids is 1. The van der Waals surface area contributed by atoms with Crippen molar-refractivity contribution >= 4 is 5.97 Å². The van der Waals surface area contributed by atoms with Crippen LogP contribution in [0.2, 0.25) is 0 Å². The molecule has 0 bridgehead atoms. The Bertz CT molecular complexity index is 578. The normalized spacial score (nSPS) is 10.6. The molecule has 1 aromatic heterocycles. The standard InChI is InChI=1S/C13H13FN2O2/c1-9-15-11(6-13(17)18)8-16(9)7-10-4-2-3-5-12(10)14/h2-5,8H,6-7H2,1H3,(H,17,18).